The molecule has 0 fully saturated rings. The summed E-state index contributed by atoms with van der Waals surface area (Å²) < 4.78 is 1.99. The number of halogens is 1. The number of carbonyl (C=O) groups is 1. The van der Waals surface area contributed by atoms with Crippen molar-refractivity contribution in [3.63, 3.8) is 0 Å². The van der Waals surface area contributed by atoms with Gasteiger partial charge in [0.1, 0.15) is 0 Å². The molecule has 33 heavy (non-hydrogen) atoms. The zero-order chi connectivity index (χ0) is 23.4. The van der Waals surface area contributed by atoms with Crippen molar-refractivity contribution in [2.45, 2.75) is 32.0 Å². The second-order valence-electron chi connectivity index (χ2n) is 7.90. The molecule has 1 unspecified atom stereocenters. The highest BCUT2D eigenvalue weighted by molar-refractivity contribution is 7.99. The Hall–Kier alpha value is -3.09. The van der Waals surface area contributed by atoms with Gasteiger partial charge in [-0.2, -0.15) is 0 Å². The fourth-order valence-corrected chi connectivity index (χ4v) is 4.57. The lowest BCUT2D eigenvalue weighted by Crippen LogP contribution is -2.28. The number of amides is 1. The number of hydrogen-bond donors (Lipinski definition) is 1. The molecule has 7 heteroatoms. The van der Waals surface area contributed by atoms with Crippen LogP contribution >= 0.6 is 23.4 Å². The zero-order valence-corrected chi connectivity index (χ0v) is 20.3. The van der Waals surface area contributed by atoms with E-state index >= 15 is 0 Å². The molecule has 0 bridgehead atoms. The number of hydrogen-bond acceptors (Lipinski definition) is 4. The van der Waals surface area contributed by atoms with E-state index in [1.807, 2.05) is 79.9 Å². The molecule has 0 aliphatic carbocycles. The summed E-state index contributed by atoms with van der Waals surface area (Å²) in [5.41, 5.74) is 5.03. The van der Waals surface area contributed by atoms with E-state index in [2.05, 4.69) is 33.7 Å². The van der Waals surface area contributed by atoms with Crippen molar-refractivity contribution in [1.82, 2.24) is 20.1 Å². The van der Waals surface area contributed by atoms with Gasteiger partial charge in [0.2, 0.25) is 5.91 Å². The van der Waals surface area contributed by atoms with E-state index in [4.69, 9.17) is 11.6 Å². The molecule has 168 valence electrons. The number of nitrogens with zero attached hydrogens (tertiary/aromatic N) is 3. The van der Waals surface area contributed by atoms with E-state index in [9.17, 15) is 4.79 Å². The summed E-state index contributed by atoms with van der Waals surface area (Å²) in [6.07, 6.45) is 0. The Morgan fingerprint density at radius 3 is 2.52 bits per heavy atom. The van der Waals surface area contributed by atoms with Gasteiger partial charge < -0.3 is 5.32 Å². The highest BCUT2D eigenvalue weighted by atomic mass is 35.5. The molecule has 0 saturated heterocycles. The summed E-state index contributed by atoms with van der Waals surface area (Å²) in [7, 11) is 0. The molecule has 4 rings (SSSR count). The number of nitrogens with one attached hydrogen (secondary N) is 1. The van der Waals surface area contributed by atoms with Crippen LogP contribution in [-0.4, -0.2) is 26.4 Å². The van der Waals surface area contributed by atoms with Crippen LogP contribution < -0.4 is 5.32 Å². The molecule has 0 aliphatic rings. The van der Waals surface area contributed by atoms with Crippen molar-refractivity contribution < 1.29 is 4.79 Å². The maximum Gasteiger partial charge on any atom is 0.230 e. The second-order valence-corrected chi connectivity index (χ2v) is 9.25. The Bertz CT molecular complexity index is 1270. The Labute approximate surface area is 203 Å². The predicted octanol–water partition coefficient (Wildman–Crippen LogP) is 6.17. The average molecular weight is 477 g/mol. The molecule has 1 atom stereocenters. The molecular weight excluding hydrogens is 452 g/mol. The van der Waals surface area contributed by atoms with Crippen LogP contribution in [0.1, 0.15) is 29.7 Å². The van der Waals surface area contributed by atoms with Gasteiger partial charge in [0.05, 0.1) is 22.5 Å². The standard InChI is InChI=1S/C26H25ClN4OS/c1-17-13-14-18(2)23(15-17)31-25(21-11-7-8-12-22(21)27)29-30-26(31)33-16-24(32)28-19(3)20-9-5-4-6-10-20/h4-15,19H,16H2,1-3H3,(H,28,32). The first-order chi connectivity index (χ1) is 15.9. The SMILES string of the molecule is Cc1ccc(C)c(-n2c(SCC(=O)NC(C)c3ccccc3)nnc2-c2ccccc2Cl)c1. The van der Waals surface area contributed by atoms with Gasteiger partial charge in [0, 0.05) is 5.56 Å². The third-order valence-corrected chi connectivity index (χ3v) is 6.62. The number of rotatable bonds is 7. The van der Waals surface area contributed by atoms with Crippen molar-refractivity contribution in [3.05, 3.63) is 94.5 Å². The summed E-state index contributed by atoms with van der Waals surface area (Å²) in [4.78, 5) is 12.7. The van der Waals surface area contributed by atoms with E-state index < -0.39 is 0 Å². The first-order valence-corrected chi connectivity index (χ1v) is 12.1. The van der Waals surface area contributed by atoms with Gasteiger partial charge in [-0.3, -0.25) is 9.36 Å². The minimum atomic E-state index is -0.0742. The third kappa shape index (κ3) is 5.29. The van der Waals surface area contributed by atoms with E-state index in [0.717, 1.165) is 27.9 Å². The van der Waals surface area contributed by atoms with Crippen LogP contribution in [0.15, 0.2) is 78.0 Å². The first kappa shape index (κ1) is 23.1. The van der Waals surface area contributed by atoms with Crippen molar-refractivity contribution in [2.75, 3.05) is 5.75 Å². The van der Waals surface area contributed by atoms with E-state index in [1.165, 1.54) is 11.8 Å². The summed E-state index contributed by atoms with van der Waals surface area (Å²) in [6, 6.07) is 23.7. The maximum atomic E-state index is 12.7. The Morgan fingerprint density at radius 2 is 1.76 bits per heavy atom. The molecule has 5 nitrogen and oxygen atoms in total. The fourth-order valence-electron chi connectivity index (χ4n) is 3.60. The Balaban J connectivity index is 1.63. The van der Waals surface area contributed by atoms with Crippen LogP contribution in [0.4, 0.5) is 0 Å². The fraction of sp³-hybridized carbons (Fsp3) is 0.192. The molecule has 1 heterocycles. The van der Waals surface area contributed by atoms with Crippen LogP contribution in [0.3, 0.4) is 0 Å². The van der Waals surface area contributed by atoms with Crippen LogP contribution in [0, 0.1) is 13.8 Å². The lowest BCUT2D eigenvalue weighted by Gasteiger charge is -2.16. The second kappa shape index (κ2) is 10.2. The van der Waals surface area contributed by atoms with Gasteiger partial charge in [0.15, 0.2) is 11.0 Å². The van der Waals surface area contributed by atoms with E-state index in [-0.39, 0.29) is 17.7 Å². The smallest absolute Gasteiger partial charge is 0.230 e. The molecule has 0 saturated carbocycles. The van der Waals surface area contributed by atoms with Gasteiger partial charge in [-0.25, -0.2) is 0 Å². The molecule has 1 aromatic heterocycles. The number of aryl methyl sites for hydroxylation is 2. The van der Waals surface area contributed by atoms with Crippen LogP contribution in [0.2, 0.25) is 5.02 Å². The van der Waals surface area contributed by atoms with Crippen molar-refractivity contribution in [3.8, 4) is 17.1 Å². The molecular formula is C26H25ClN4OS. The van der Waals surface area contributed by atoms with Crippen LogP contribution in [0.25, 0.3) is 17.1 Å². The quantitative estimate of drug-likeness (QED) is 0.324. The first-order valence-electron chi connectivity index (χ1n) is 10.7. The highest BCUT2D eigenvalue weighted by Gasteiger charge is 2.20. The van der Waals surface area contributed by atoms with Gasteiger partial charge in [-0.05, 0) is 55.7 Å². The molecule has 1 amide bonds. The van der Waals surface area contributed by atoms with E-state index in [0.29, 0.717) is 16.0 Å². The van der Waals surface area contributed by atoms with Gasteiger partial charge in [0.25, 0.3) is 0 Å². The number of aromatic nitrogens is 3. The number of benzene rings is 3. The predicted molar refractivity (Wildman–Crippen MR) is 135 cm³/mol. The highest BCUT2D eigenvalue weighted by Crippen LogP contribution is 2.33. The monoisotopic (exact) mass is 476 g/mol. The molecule has 0 spiro atoms. The summed E-state index contributed by atoms with van der Waals surface area (Å²) in [5.74, 6) is 0.809. The molecule has 1 N–H and O–H groups in total. The van der Waals surface area contributed by atoms with Gasteiger partial charge in [-0.1, -0.05) is 78.0 Å². The Kier molecular flexibility index (Phi) is 7.16. The average Bonchev–Trinajstić information content (AvgIpc) is 3.23. The van der Waals surface area contributed by atoms with Crippen LogP contribution in [-0.2, 0) is 4.79 Å². The summed E-state index contributed by atoms with van der Waals surface area (Å²) in [5, 5.41) is 13.2. The lowest BCUT2D eigenvalue weighted by atomic mass is 10.1. The zero-order valence-electron chi connectivity index (χ0n) is 18.7. The minimum Gasteiger partial charge on any atom is -0.349 e. The maximum absolute atomic E-state index is 12.7. The Morgan fingerprint density at radius 1 is 1.03 bits per heavy atom. The van der Waals surface area contributed by atoms with Gasteiger partial charge in [-0.15, -0.1) is 10.2 Å². The van der Waals surface area contributed by atoms with E-state index in [1.54, 1.807) is 0 Å². The summed E-state index contributed by atoms with van der Waals surface area (Å²) >= 11 is 7.85. The summed E-state index contributed by atoms with van der Waals surface area (Å²) in [6.45, 7) is 6.08. The van der Waals surface area contributed by atoms with Crippen molar-refractivity contribution >= 4 is 29.3 Å². The number of thioether (sulfide) groups is 1. The number of carbonyl (C=O) groups excluding carboxylic acids is 1. The minimum absolute atomic E-state index is 0.0637. The van der Waals surface area contributed by atoms with Crippen molar-refractivity contribution in [1.29, 1.82) is 0 Å². The topological polar surface area (TPSA) is 59.8 Å². The van der Waals surface area contributed by atoms with Crippen molar-refractivity contribution in [2.24, 2.45) is 0 Å². The van der Waals surface area contributed by atoms with Crippen LogP contribution in [0.5, 0.6) is 0 Å². The van der Waals surface area contributed by atoms with Gasteiger partial charge >= 0.3 is 0 Å². The molecule has 0 radical (unpaired) electrons. The molecule has 4 aromatic rings. The normalized spacial score (nSPS) is 11.9. The lowest BCUT2D eigenvalue weighted by molar-refractivity contribution is -0.119. The molecule has 0 aliphatic heterocycles. The largest absolute Gasteiger partial charge is 0.349 e. The third-order valence-electron chi connectivity index (χ3n) is 5.36. The molecule has 3 aromatic carbocycles.